The number of hydrogen-bond acceptors (Lipinski definition) is 5. The molecule has 158 valence electrons. The van der Waals surface area contributed by atoms with Crippen LogP contribution >= 0.6 is 0 Å². The van der Waals surface area contributed by atoms with Crippen LogP contribution < -0.4 is 10.6 Å². The average Bonchev–Trinajstić information content (AvgIpc) is 3.34. The van der Waals surface area contributed by atoms with Crippen LogP contribution in [0.25, 0.3) is 5.52 Å². The summed E-state index contributed by atoms with van der Waals surface area (Å²) >= 11 is 0. The number of carbonyl (C=O) groups is 2. The molecular formula is C21H27N7O2. The number of aromatic nitrogens is 4. The highest BCUT2D eigenvalue weighted by molar-refractivity contribution is 5.93. The molecule has 30 heavy (non-hydrogen) atoms. The van der Waals surface area contributed by atoms with Crippen LogP contribution in [0.4, 0.5) is 0 Å². The van der Waals surface area contributed by atoms with Crippen molar-refractivity contribution in [3.63, 3.8) is 0 Å². The molecule has 1 saturated heterocycles. The van der Waals surface area contributed by atoms with Gasteiger partial charge in [0.25, 0.3) is 5.91 Å². The van der Waals surface area contributed by atoms with Crippen molar-refractivity contribution in [1.82, 2.24) is 34.7 Å². The fourth-order valence-electron chi connectivity index (χ4n) is 3.93. The lowest BCUT2D eigenvalue weighted by Gasteiger charge is -2.35. The minimum atomic E-state index is -0.687. The first-order chi connectivity index (χ1) is 14.3. The molecule has 9 nitrogen and oxygen atoms in total. The van der Waals surface area contributed by atoms with Gasteiger partial charge < -0.3 is 19.9 Å². The molecule has 0 radical (unpaired) electrons. The van der Waals surface area contributed by atoms with Crippen LogP contribution in [0.1, 0.15) is 35.7 Å². The third kappa shape index (κ3) is 3.56. The van der Waals surface area contributed by atoms with E-state index in [1.807, 2.05) is 49.7 Å². The van der Waals surface area contributed by atoms with E-state index in [9.17, 15) is 9.59 Å². The SMILES string of the molecule is Cc1cccn2c(C(C)(C)NC(=O)[C@@H]3CN(C(=O)c4ccnn4C)CCN3)ncc12. The maximum atomic E-state index is 13.1. The third-order valence-electron chi connectivity index (χ3n) is 5.60. The Kier molecular flexibility index (Phi) is 5.07. The maximum absolute atomic E-state index is 13.1. The molecule has 1 atom stereocenters. The van der Waals surface area contributed by atoms with Crippen molar-refractivity contribution in [2.45, 2.75) is 32.4 Å². The van der Waals surface area contributed by atoms with Crippen LogP contribution in [0.2, 0.25) is 0 Å². The lowest BCUT2D eigenvalue weighted by molar-refractivity contribution is -0.125. The van der Waals surface area contributed by atoms with Crippen molar-refractivity contribution in [3.8, 4) is 0 Å². The largest absolute Gasteiger partial charge is 0.343 e. The second kappa shape index (κ2) is 7.56. The van der Waals surface area contributed by atoms with Crippen molar-refractivity contribution in [3.05, 3.63) is 53.9 Å². The molecule has 0 aromatic carbocycles. The van der Waals surface area contributed by atoms with Gasteiger partial charge in [-0.15, -0.1) is 0 Å². The number of piperazine rings is 1. The Morgan fingerprint density at radius 2 is 2.10 bits per heavy atom. The van der Waals surface area contributed by atoms with Gasteiger partial charge in [-0.1, -0.05) is 6.07 Å². The van der Waals surface area contributed by atoms with Gasteiger partial charge >= 0.3 is 0 Å². The van der Waals surface area contributed by atoms with Crippen molar-refractivity contribution in [2.75, 3.05) is 19.6 Å². The number of pyridine rings is 1. The summed E-state index contributed by atoms with van der Waals surface area (Å²) in [4.78, 5) is 32.1. The Morgan fingerprint density at radius 1 is 1.30 bits per heavy atom. The summed E-state index contributed by atoms with van der Waals surface area (Å²) in [6.45, 7) is 7.29. The van der Waals surface area contributed by atoms with E-state index in [0.29, 0.717) is 25.3 Å². The van der Waals surface area contributed by atoms with Crippen LogP contribution in [0.15, 0.2) is 36.8 Å². The highest BCUT2D eigenvalue weighted by Crippen LogP contribution is 2.22. The lowest BCUT2D eigenvalue weighted by atomic mass is 10.0. The number of hydrogen-bond donors (Lipinski definition) is 2. The topological polar surface area (TPSA) is 96.6 Å². The molecule has 1 aliphatic heterocycles. The molecule has 9 heteroatoms. The molecule has 4 rings (SSSR count). The molecule has 1 fully saturated rings. The second-order valence-corrected chi connectivity index (χ2v) is 8.24. The molecular weight excluding hydrogens is 382 g/mol. The zero-order valence-electron chi connectivity index (χ0n) is 17.7. The third-order valence-corrected chi connectivity index (χ3v) is 5.60. The highest BCUT2D eigenvalue weighted by atomic mass is 16.2. The van der Waals surface area contributed by atoms with Gasteiger partial charge in [0.15, 0.2) is 0 Å². The normalized spacial score (nSPS) is 17.3. The second-order valence-electron chi connectivity index (χ2n) is 8.24. The molecule has 3 aromatic heterocycles. The van der Waals surface area contributed by atoms with Crippen molar-refractivity contribution < 1.29 is 9.59 Å². The number of carbonyl (C=O) groups excluding carboxylic acids is 2. The minimum Gasteiger partial charge on any atom is -0.343 e. The standard InChI is InChI=1S/C21H27N7O2/c1-14-6-5-10-28-17(14)12-23-20(28)21(2,3)25-18(29)15-13-27(11-9-22-15)19(30)16-7-8-24-26(16)4/h5-8,10,12,15,22H,9,11,13H2,1-4H3,(H,25,29)/t15-/m0/s1. The number of rotatable bonds is 4. The molecule has 1 aliphatic rings. The van der Waals surface area contributed by atoms with Crippen LogP contribution in [0.5, 0.6) is 0 Å². The molecule has 2 N–H and O–H groups in total. The number of nitrogens with one attached hydrogen (secondary N) is 2. The maximum Gasteiger partial charge on any atom is 0.272 e. The predicted octanol–water partition coefficient (Wildman–Crippen LogP) is 0.842. The smallest absolute Gasteiger partial charge is 0.272 e. The van der Waals surface area contributed by atoms with Gasteiger partial charge in [-0.2, -0.15) is 5.10 Å². The molecule has 2 amide bonds. The fourth-order valence-corrected chi connectivity index (χ4v) is 3.93. The predicted molar refractivity (Wildman–Crippen MR) is 112 cm³/mol. The van der Waals surface area contributed by atoms with E-state index in [1.54, 1.807) is 28.9 Å². The molecule has 0 unspecified atom stereocenters. The molecule has 0 aliphatic carbocycles. The van der Waals surface area contributed by atoms with Gasteiger partial charge in [0.1, 0.15) is 17.6 Å². The van der Waals surface area contributed by atoms with Gasteiger partial charge in [0, 0.05) is 39.1 Å². The summed E-state index contributed by atoms with van der Waals surface area (Å²) < 4.78 is 3.55. The van der Waals surface area contributed by atoms with E-state index in [4.69, 9.17) is 0 Å². The summed E-state index contributed by atoms with van der Waals surface area (Å²) in [5, 5.41) is 10.4. The Hall–Kier alpha value is -3.20. The number of nitrogens with zero attached hydrogens (tertiary/aromatic N) is 5. The van der Waals surface area contributed by atoms with E-state index >= 15 is 0 Å². The highest BCUT2D eigenvalue weighted by Gasteiger charge is 2.34. The Bertz CT molecular complexity index is 1100. The van der Waals surface area contributed by atoms with Crippen LogP contribution in [-0.2, 0) is 17.4 Å². The first-order valence-corrected chi connectivity index (χ1v) is 10.0. The van der Waals surface area contributed by atoms with Crippen molar-refractivity contribution in [1.29, 1.82) is 0 Å². The molecule has 0 saturated carbocycles. The number of amides is 2. The minimum absolute atomic E-state index is 0.122. The van der Waals surface area contributed by atoms with E-state index in [0.717, 1.165) is 16.9 Å². The Balaban J connectivity index is 1.49. The van der Waals surface area contributed by atoms with Gasteiger partial charge in [-0.05, 0) is 38.5 Å². The summed E-state index contributed by atoms with van der Waals surface area (Å²) in [5.74, 6) is 0.475. The van der Waals surface area contributed by atoms with E-state index in [2.05, 4.69) is 20.7 Å². The summed E-state index contributed by atoms with van der Waals surface area (Å²) in [5.41, 5.74) is 1.96. The number of imidazole rings is 1. The average molecular weight is 409 g/mol. The van der Waals surface area contributed by atoms with Crippen LogP contribution in [0, 0.1) is 6.92 Å². The van der Waals surface area contributed by atoms with Crippen molar-refractivity contribution >= 4 is 17.3 Å². The quantitative estimate of drug-likeness (QED) is 0.666. The van der Waals surface area contributed by atoms with Gasteiger partial charge in [0.05, 0.1) is 17.3 Å². The number of fused-ring (bicyclic) bond motifs is 1. The van der Waals surface area contributed by atoms with Crippen LogP contribution in [0.3, 0.4) is 0 Å². The first-order valence-electron chi connectivity index (χ1n) is 10.0. The van der Waals surface area contributed by atoms with E-state index < -0.39 is 11.6 Å². The Morgan fingerprint density at radius 3 is 2.83 bits per heavy atom. The van der Waals surface area contributed by atoms with E-state index in [1.165, 1.54) is 0 Å². The summed E-state index contributed by atoms with van der Waals surface area (Å²) in [6.07, 6.45) is 5.37. The first kappa shape index (κ1) is 20.1. The van der Waals surface area contributed by atoms with Gasteiger partial charge in [-0.3, -0.25) is 14.3 Å². The molecule has 0 bridgehead atoms. The lowest BCUT2D eigenvalue weighted by Crippen LogP contribution is -2.60. The summed E-state index contributed by atoms with van der Waals surface area (Å²) in [7, 11) is 1.73. The molecule has 0 spiro atoms. The fraction of sp³-hybridized carbons (Fsp3) is 0.429. The van der Waals surface area contributed by atoms with Gasteiger partial charge in [-0.25, -0.2) is 4.98 Å². The zero-order chi connectivity index (χ0) is 21.5. The summed E-state index contributed by atoms with van der Waals surface area (Å²) in [6, 6.07) is 5.19. The molecule has 4 heterocycles. The van der Waals surface area contributed by atoms with E-state index in [-0.39, 0.29) is 11.8 Å². The van der Waals surface area contributed by atoms with Gasteiger partial charge in [0.2, 0.25) is 5.91 Å². The monoisotopic (exact) mass is 409 g/mol. The van der Waals surface area contributed by atoms with Crippen molar-refractivity contribution in [2.24, 2.45) is 7.05 Å². The number of aryl methyl sites for hydroxylation is 2. The molecule has 3 aromatic rings. The van der Waals surface area contributed by atoms with Crippen LogP contribution in [-0.4, -0.2) is 61.6 Å². The zero-order valence-corrected chi connectivity index (χ0v) is 17.7. The Labute approximate surface area is 175 Å².